The van der Waals surface area contributed by atoms with Gasteiger partial charge in [0, 0.05) is 90.6 Å². The molecular formula is C65H86N10O10. The van der Waals surface area contributed by atoms with Gasteiger partial charge in [0.2, 0.25) is 0 Å². The van der Waals surface area contributed by atoms with E-state index in [4.69, 9.17) is 10.2 Å². The molecule has 3 aromatic rings. The van der Waals surface area contributed by atoms with Crippen molar-refractivity contribution >= 4 is 64.8 Å². The second-order valence-electron chi connectivity index (χ2n) is 27.8. The van der Waals surface area contributed by atoms with Crippen molar-refractivity contribution in [2.24, 2.45) is 53.3 Å². The highest BCUT2D eigenvalue weighted by Crippen LogP contribution is 2.58. The van der Waals surface area contributed by atoms with Crippen LogP contribution in [0.1, 0.15) is 147 Å². The lowest BCUT2D eigenvalue weighted by atomic mass is 9.53. The zero-order valence-corrected chi connectivity index (χ0v) is 49.5. The van der Waals surface area contributed by atoms with Gasteiger partial charge in [-0.05, 0) is 243 Å². The standard InChI is InChI=1S/C23H32N4O2.2C21H27N3O4/c1-26-6-8-27(9-7-26)21(28)19-2-4-20(5-3-19)24-22(29)25-23-13-16-10-17(14-23)12-18(11-16)15-23;1-24(12-18(25)26)19(27)16-2-4-17(5-3-16)22-20(28)23-21-9-13-6-14(10-21)8-15(7-13)11-21;1-24(12-18(25)26)19(27)16-3-2-4-17(8-16)22-20(28)23-21-9-13-5-14(10-21)7-15(6-13)11-21/h2-5,16-18H,6-15H2,1H3,(H2,24,25,29);2-5,13-15H,6-12H2,1H3,(H,25,26)(H2,22,23,28);2-4,8,13-15H,5-7,9-12H2,1H3,(H,25,26)(H2,22,23,28). The summed E-state index contributed by atoms with van der Waals surface area (Å²) in [6, 6.07) is 19.9. The summed E-state index contributed by atoms with van der Waals surface area (Å²) in [4.78, 5) is 103. The van der Waals surface area contributed by atoms with Crippen molar-refractivity contribution in [3.63, 3.8) is 0 Å². The number of carboxylic acid groups (broad SMARTS) is 2. The predicted molar refractivity (Wildman–Crippen MR) is 321 cm³/mol. The molecule has 0 spiro atoms. The van der Waals surface area contributed by atoms with Gasteiger partial charge in [0.1, 0.15) is 13.1 Å². The Hall–Kier alpha value is -7.22. The largest absolute Gasteiger partial charge is 0.480 e. The van der Waals surface area contributed by atoms with E-state index < -0.39 is 17.8 Å². The number of carbonyl (C=O) groups is 8. The fourth-order valence-electron chi connectivity index (χ4n) is 18.3. The summed E-state index contributed by atoms with van der Waals surface area (Å²) >= 11 is 0. The summed E-state index contributed by atoms with van der Waals surface area (Å²) in [7, 11) is 4.97. The van der Waals surface area contributed by atoms with Crippen LogP contribution in [0.3, 0.4) is 0 Å². The zero-order chi connectivity index (χ0) is 59.8. The minimum atomic E-state index is -1.07. The van der Waals surface area contributed by atoms with E-state index in [1.54, 1.807) is 48.5 Å². The van der Waals surface area contributed by atoms with Crippen molar-refractivity contribution in [1.29, 1.82) is 0 Å². The third-order valence-electron chi connectivity index (χ3n) is 20.6. The molecule has 9 amide bonds. The first-order valence-electron chi connectivity index (χ1n) is 31.1. The van der Waals surface area contributed by atoms with Crippen molar-refractivity contribution in [2.75, 3.05) is 76.4 Å². The molecule has 16 rings (SSSR count). The summed E-state index contributed by atoms with van der Waals surface area (Å²) in [5, 5.41) is 36.2. The van der Waals surface area contributed by atoms with Gasteiger partial charge < -0.3 is 61.7 Å². The van der Waals surface area contributed by atoms with Gasteiger partial charge >= 0.3 is 30.0 Å². The molecule has 0 aromatic heterocycles. The smallest absolute Gasteiger partial charge is 0.323 e. The Morgan fingerprint density at radius 1 is 0.435 bits per heavy atom. The van der Waals surface area contributed by atoms with Gasteiger partial charge in [-0.15, -0.1) is 0 Å². The second kappa shape index (κ2) is 24.6. The minimum absolute atomic E-state index is 0.0101. The molecule has 0 unspecified atom stereocenters. The molecule has 3 aromatic carbocycles. The molecule has 12 bridgehead atoms. The van der Waals surface area contributed by atoms with Crippen LogP contribution in [0.2, 0.25) is 0 Å². The molecule has 13 aliphatic rings. The molecule has 1 aliphatic heterocycles. The van der Waals surface area contributed by atoms with E-state index in [0.717, 1.165) is 153 Å². The average Bonchev–Trinajstić information content (AvgIpc) is 3.15. The van der Waals surface area contributed by atoms with Gasteiger partial charge in [0.05, 0.1) is 0 Å². The van der Waals surface area contributed by atoms with Crippen LogP contribution in [0, 0.1) is 53.3 Å². The lowest BCUT2D eigenvalue weighted by molar-refractivity contribution is -0.138. The van der Waals surface area contributed by atoms with Crippen LogP contribution >= 0.6 is 0 Å². The number of carbonyl (C=O) groups excluding carboxylic acids is 6. The van der Waals surface area contributed by atoms with Crippen LogP contribution in [0.4, 0.5) is 31.4 Å². The predicted octanol–water partition coefficient (Wildman–Crippen LogP) is 9.03. The number of hydrogen-bond donors (Lipinski definition) is 8. The number of nitrogens with one attached hydrogen (secondary N) is 6. The van der Waals surface area contributed by atoms with Crippen molar-refractivity contribution < 1.29 is 48.6 Å². The first kappa shape index (κ1) is 59.5. The maximum atomic E-state index is 12.7. The van der Waals surface area contributed by atoms with Gasteiger partial charge in [-0.1, -0.05) is 6.07 Å². The van der Waals surface area contributed by atoms with Gasteiger partial charge in [0.25, 0.3) is 17.7 Å². The van der Waals surface area contributed by atoms with Crippen molar-refractivity contribution in [3.05, 3.63) is 89.5 Å². The Kier molecular flexibility index (Phi) is 17.2. The molecule has 1 heterocycles. The summed E-state index contributed by atoms with van der Waals surface area (Å²) in [5.74, 6) is 4.13. The first-order chi connectivity index (χ1) is 40.6. The van der Waals surface area contributed by atoms with Gasteiger partial charge in [-0.25, -0.2) is 14.4 Å². The topological polar surface area (TPSA) is 262 Å². The number of benzene rings is 3. The van der Waals surface area contributed by atoms with Gasteiger partial charge in [0.15, 0.2) is 0 Å². The molecule has 85 heavy (non-hydrogen) atoms. The van der Waals surface area contributed by atoms with E-state index in [2.05, 4.69) is 43.8 Å². The summed E-state index contributed by atoms with van der Waals surface area (Å²) in [5.41, 5.74) is 3.17. The van der Waals surface area contributed by atoms with Gasteiger partial charge in [-0.3, -0.25) is 24.0 Å². The molecule has 456 valence electrons. The number of rotatable bonds is 13. The molecule has 13 fully saturated rings. The van der Waals surface area contributed by atoms with E-state index in [1.807, 2.05) is 29.2 Å². The van der Waals surface area contributed by atoms with Crippen molar-refractivity contribution in [1.82, 2.24) is 35.6 Å². The Morgan fingerprint density at radius 3 is 1.09 bits per heavy atom. The normalized spacial score (nSPS) is 31.2. The first-order valence-corrected chi connectivity index (χ1v) is 31.1. The Labute approximate surface area is 498 Å². The molecule has 20 nitrogen and oxygen atoms in total. The summed E-state index contributed by atoms with van der Waals surface area (Å²) in [6.45, 7) is 2.63. The molecule has 20 heteroatoms. The quantitative estimate of drug-likeness (QED) is 0.0800. The van der Waals surface area contributed by atoms with Crippen LogP contribution < -0.4 is 31.9 Å². The second-order valence-corrected chi connectivity index (χ2v) is 27.8. The number of carboxylic acids is 2. The molecule has 8 N–H and O–H groups in total. The van der Waals surface area contributed by atoms with E-state index in [1.165, 1.54) is 71.9 Å². The Bertz CT molecular complexity index is 2910. The Morgan fingerprint density at radius 2 is 0.753 bits per heavy atom. The SMILES string of the molecule is CN(CC(=O)O)C(=O)c1ccc(NC(=O)NC23CC4CC(CC(C4)C2)C3)cc1.CN(CC(=O)O)C(=O)c1cccc(NC(=O)NC23CC4CC(CC(C4)C2)C3)c1.CN1CCN(C(=O)c2ccc(NC(=O)NC34CC5CC(CC(C5)C3)C4)cc2)CC1. The number of hydrogen-bond acceptors (Lipinski definition) is 9. The fourth-order valence-corrected chi connectivity index (χ4v) is 18.3. The molecule has 0 radical (unpaired) electrons. The number of aliphatic carboxylic acids is 2. The number of nitrogens with zero attached hydrogens (tertiary/aromatic N) is 4. The third kappa shape index (κ3) is 14.4. The third-order valence-corrected chi connectivity index (χ3v) is 20.6. The number of piperazine rings is 1. The number of anilines is 3. The van der Waals surface area contributed by atoms with E-state index >= 15 is 0 Å². The van der Waals surface area contributed by atoms with E-state index in [9.17, 15) is 38.4 Å². The highest BCUT2D eigenvalue weighted by molar-refractivity contribution is 5.99. The lowest BCUT2D eigenvalue weighted by Gasteiger charge is -2.56. The minimum Gasteiger partial charge on any atom is -0.480 e. The van der Waals surface area contributed by atoms with Crippen molar-refractivity contribution in [2.45, 2.75) is 132 Å². The van der Waals surface area contributed by atoms with E-state index in [-0.39, 0.29) is 59.6 Å². The molecule has 1 saturated heterocycles. The van der Waals surface area contributed by atoms with Crippen LogP contribution in [0.5, 0.6) is 0 Å². The van der Waals surface area contributed by atoms with Crippen molar-refractivity contribution in [3.8, 4) is 0 Å². The van der Waals surface area contributed by atoms with Gasteiger partial charge in [-0.2, -0.15) is 0 Å². The highest BCUT2D eigenvalue weighted by atomic mass is 16.4. The number of urea groups is 3. The van der Waals surface area contributed by atoms with E-state index in [0.29, 0.717) is 28.1 Å². The fraction of sp³-hybridized carbons (Fsp3) is 0.600. The van der Waals surface area contributed by atoms with Crippen LogP contribution in [-0.4, -0.2) is 155 Å². The molecule has 0 atom stereocenters. The maximum Gasteiger partial charge on any atom is 0.323 e. The number of amides is 9. The average molecular weight is 1170 g/mol. The molecule has 12 aliphatic carbocycles. The highest BCUT2D eigenvalue weighted by Gasteiger charge is 2.54. The summed E-state index contributed by atoms with van der Waals surface area (Å²) < 4.78 is 0. The van der Waals surface area contributed by atoms with Crippen LogP contribution in [0.15, 0.2) is 72.8 Å². The van der Waals surface area contributed by atoms with Crippen LogP contribution in [0.25, 0.3) is 0 Å². The monoisotopic (exact) mass is 1170 g/mol. The maximum absolute atomic E-state index is 12.7. The lowest BCUT2D eigenvalue weighted by Crippen LogP contribution is -2.60. The zero-order valence-electron chi connectivity index (χ0n) is 49.5. The van der Waals surface area contributed by atoms with Crippen LogP contribution in [-0.2, 0) is 9.59 Å². The number of likely N-dealkylation sites (N-methyl/N-ethyl adjacent to an activating group) is 3. The summed E-state index contributed by atoms with van der Waals surface area (Å²) in [6.07, 6.45) is 22.0. The molecular weight excluding hydrogens is 1080 g/mol. The Balaban J connectivity index is 0.000000133. The molecule has 12 saturated carbocycles.